The average molecular weight is 331 g/mol. The van der Waals surface area contributed by atoms with Crippen LogP contribution in [-0.4, -0.2) is 39.3 Å². The molecule has 2 aromatic rings. The van der Waals surface area contributed by atoms with Gasteiger partial charge in [0.2, 0.25) is 0 Å². The van der Waals surface area contributed by atoms with E-state index in [4.69, 9.17) is 11.6 Å². The third-order valence-electron chi connectivity index (χ3n) is 4.07. The lowest BCUT2D eigenvalue weighted by molar-refractivity contribution is 0.464. The van der Waals surface area contributed by atoms with Crippen molar-refractivity contribution in [2.45, 2.75) is 38.1 Å². The number of imidazole rings is 1. The predicted molar refractivity (Wildman–Crippen MR) is 82.4 cm³/mol. The van der Waals surface area contributed by atoms with E-state index < -0.39 is 9.84 Å². The second kappa shape index (κ2) is 5.28. The Morgan fingerprint density at radius 2 is 2.19 bits per heavy atom. The Labute approximate surface area is 129 Å². The molecule has 0 bridgehead atoms. The molecule has 1 unspecified atom stereocenters. The zero-order chi connectivity index (χ0) is 15.2. The summed E-state index contributed by atoms with van der Waals surface area (Å²) >= 11 is 6.04. The summed E-state index contributed by atoms with van der Waals surface area (Å²) in [5, 5.41) is 4.48. The number of hydrogen-bond acceptors (Lipinski definition) is 4. The number of aryl methyl sites for hydroxylation is 2. The van der Waals surface area contributed by atoms with Gasteiger partial charge >= 0.3 is 0 Å². The highest BCUT2D eigenvalue weighted by Crippen LogP contribution is 2.30. The standard InChI is InChI=1S/C13H19ClN4O2S/c1-3-10-12-13(17(2)16-10)18(11(7-14)15-12)9-5-4-6-21(19,20)8-9/h9H,3-8H2,1-2H3. The van der Waals surface area contributed by atoms with Crippen LogP contribution in [0.15, 0.2) is 0 Å². The molecule has 1 aliphatic rings. The number of rotatable bonds is 3. The number of fused-ring (bicyclic) bond motifs is 1. The normalized spacial score (nSPS) is 22.0. The fourth-order valence-corrected chi connectivity index (χ4v) is 5.03. The topological polar surface area (TPSA) is 69.8 Å². The second-order valence-electron chi connectivity index (χ2n) is 5.54. The highest BCUT2D eigenvalue weighted by Gasteiger charge is 2.30. The van der Waals surface area contributed by atoms with E-state index in [-0.39, 0.29) is 23.4 Å². The van der Waals surface area contributed by atoms with Gasteiger partial charge in [-0.3, -0.25) is 4.68 Å². The van der Waals surface area contributed by atoms with Crippen molar-refractivity contribution in [2.75, 3.05) is 11.5 Å². The van der Waals surface area contributed by atoms with Crippen LogP contribution in [0.2, 0.25) is 0 Å². The lowest BCUT2D eigenvalue weighted by Gasteiger charge is -2.25. The Balaban J connectivity index is 2.18. The van der Waals surface area contributed by atoms with Gasteiger partial charge in [0, 0.05) is 7.05 Å². The molecule has 0 radical (unpaired) electrons. The molecule has 0 saturated carbocycles. The molecule has 3 rings (SSSR count). The molecular formula is C13H19ClN4O2S. The maximum atomic E-state index is 11.9. The number of hydrogen-bond donors (Lipinski definition) is 0. The lowest BCUT2D eigenvalue weighted by Crippen LogP contribution is -2.28. The third kappa shape index (κ3) is 2.46. The summed E-state index contributed by atoms with van der Waals surface area (Å²) in [5.74, 6) is 1.45. The molecule has 0 aromatic carbocycles. The van der Waals surface area contributed by atoms with E-state index in [1.807, 2.05) is 18.5 Å². The van der Waals surface area contributed by atoms with Crippen molar-refractivity contribution >= 4 is 32.6 Å². The molecule has 116 valence electrons. The van der Waals surface area contributed by atoms with Crippen LogP contribution in [0.5, 0.6) is 0 Å². The van der Waals surface area contributed by atoms with Gasteiger partial charge in [0.25, 0.3) is 0 Å². The molecule has 3 heterocycles. The van der Waals surface area contributed by atoms with E-state index in [0.29, 0.717) is 6.42 Å². The monoisotopic (exact) mass is 330 g/mol. The summed E-state index contributed by atoms with van der Waals surface area (Å²) in [6, 6.07) is -0.0948. The van der Waals surface area contributed by atoms with Gasteiger partial charge in [0.15, 0.2) is 15.5 Å². The van der Waals surface area contributed by atoms with Crippen LogP contribution >= 0.6 is 11.6 Å². The lowest BCUT2D eigenvalue weighted by atomic mass is 10.2. The van der Waals surface area contributed by atoms with Crippen LogP contribution in [-0.2, 0) is 29.2 Å². The number of sulfone groups is 1. The molecule has 6 nitrogen and oxygen atoms in total. The molecule has 2 aromatic heterocycles. The molecule has 8 heteroatoms. The minimum absolute atomic E-state index is 0.0948. The Morgan fingerprint density at radius 3 is 2.81 bits per heavy atom. The van der Waals surface area contributed by atoms with Gasteiger partial charge < -0.3 is 4.57 Å². The maximum absolute atomic E-state index is 11.9. The predicted octanol–water partition coefficient (Wildman–Crippen LogP) is 1.82. The first-order chi connectivity index (χ1) is 9.96. The van der Waals surface area contributed by atoms with Crippen LogP contribution in [0.1, 0.15) is 37.3 Å². The number of alkyl halides is 1. The van der Waals surface area contributed by atoms with E-state index in [2.05, 4.69) is 10.1 Å². The Hall–Kier alpha value is -1.08. The maximum Gasteiger partial charge on any atom is 0.159 e. The number of halogens is 1. The molecule has 0 spiro atoms. The van der Waals surface area contributed by atoms with E-state index >= 15 is 0 Å². The molecule has 0 amide bonds. The van der Waals surface area contributed by atoms with Gasteiger partial charge in [0.05, 0.1) is 29.1 Å². The average Bonchev–Trinajstić information content (AvgIpc) is 2.95. The van der Waals surface area contributed by atoms with Gasteiger partial charge in [0.1, 0.15) is 11.3 Å². The van der Waals surface area contributed by atoms with Gasteiger partial charge in [-0.25, -0.2) is 13.4 Å². The van der Waals surface area contributed by atoms with Crippen molar-refractivity contribution in [1.29, 1.82) is 0 Å². The van der Waals surface area contributed by atoms with Crippen molar-refractivity contribution < 1.29 is 8.42 Å². The van der Waals surface area contributed by atoms with Crippen molar-refractivity contribution in [2.24, 2.45) is 7.05 Å². The fraction of sp³-hybridized carbons (Fsp3) is 0.692. The summed E-state index contributed by atoms with van der Waals surface area (Å²) < 4.78 is 27.7. The van der Waals surface area contributed by atoms with Gasteiger partial charge in [-0.05, 0) is 19.3 Å². The van der Waals surface area contributed by atoms with Crippen LogP contribution < -0.4 is 0 Å². The molecule has 0 aliphatic carbocycles. The third-order valence-corrected chi connectivity index (χ3v) is 6.11. The number of aromatic nitrogens is 4. The zero-order valence-electron chi connectivity index (χ0n) is 12.2. The highest BCUT2D eigenvalue weighted by molar-refractivity contribution is 7.91. The van der Waals surface area contributed by atoms with Crippen LogP contribution in [0.25, 0.3) is 11.2 Å². The second-order valence-corrected chi connectivity index (χ2v) is 8.03. The van der Waals surface area contributed by atoms with Gasteiger partial charge in [-0.15, -0.1) is 11.6 Å². The van der Waals surface area contributed by atoms with Gasteiger partial charge in [-0.2, -0.15) is 5.10 Å². The van der Waals surface area contributed by atoms with Crippen LogP contribution in [0, 0.1) is 0 Å². The van der Waals surface area contributed by atoms with E-state index in [0.717, 1.165) is 35.5 Å². The molecule has 1 aliphatic heterocycles. The van der Waals surface area contributed by atoms with Crippen molar-refractivity contribution in [3.05, 3.63) is 11.5 Å². The Kier molecular flexibility index (Phi) is 3.73. The Morgan fingerprint density at radius 1 is 1.43 bits per heavy atom. The first kappa shape index (κ1) is 14.8. The van der Waals surface area contributed by atoms with E-state index in [1.165, 1.54) is 0 Å². The number of nitrogens with zero attached hydrogens (tertiary/aromatic N) is 4. The Bertz CT molecular complexity index is 778. The highest BCUT2D eigenvalue weighted by atomic mass is 35.5. The van der Waals surface area contributed by atoms with E-state index in [1.54, 1.807) is 4.68 Å². The SMILES string of the molecule is CCc1nn(C)c2c1nc(CCl)n2C1CCCS(=O)(=O)C1. The smallest absolute Gasteiger partial charge is 0.159 e. The van der Waals surface area contributed by atoms with Crippen molar-refractivity contribution in [1.82, 2.24) is 19.3 Å². The minimum atomic E-state index is -2.98. The molecule has 0 N–H and O–H groups in total. The molecule has 1 fully saturated rings. The largest absolute Gasteiger partial charge is 0.308 e. The van der Waals surface area contributed by atoms with Crippen LogP contribution in [0.4, 0.5) is 0 Å². The first-order valence-corrected chi connectivity index (χ1v) is 9.51. The zero-order valence-corrected chi connectivity index (χ0v) is 13.8. The van der Waals surface area contributed by atoms with Crippen molar-refractivity contribution in [3.8, 4) is 0 Å². The van der Waals surface area contributed by atoms with Crippen LogP contribution in [0.3, 0.4) is 0 Å². The van der Waals surface area contributed by atoms with Crippen molar-refractivity contribution in [3.63, 3.8) is 0 Å². The quantitative estimate of drug-likeness (QED) is 0.805. The summed E-state index contributed by atoms with van der Waals surface area (Å²) in [5.41, 5.74) is 2.65. The molecular weight excluding hydrogens is 312 g/mol. The summed E-state index contributed by atoms with van der Waals surface area (Å²) in [6.45, 7) is 2.03. The molecule has 1 saturated heterocycles. The molecule has 1 atom stereocenters. The summed E-state index contributed by atoms with van der Waals surface area (Å²) in [4.78, 5) is 4.60. The van der Waals surface area contributed by atoms with E-state index in [9.17, 15) is 8.42 Å². The minimum Gasteiger partial charge on any atom is -0.308 e. The van der Waals surface area contributed by atoms with Gasteiger partial charge in [-0.1, -0.05) is 6.92 Å². The first-order valence-electron chi connectivity index (χ1n) is 7.16. The summed E-state index contributed by atoms with van der Waals surface area (Å²) in [7, 11) is -1.11. The molecule has 21 heavy (non-hydrogen) atoms. The summed E-state index contributed by atoms with van der Waals surface area (Å²) in [6.07, 6.45) is 2.31. The fourth-order valence-electron chi connectivity index (χ4n) is 3.17.